The number of nitrogens with one attached hydrogen (secondary N) is 1. The molecule has 0 radical (unpaired) electrons. The molecule has 0 heterocycles. The number of rotatable bonds is 8. The summed E-state index contributed by atoms with van der Waals surface area (Å²) in [5.74, 6) is 0. The Morgan fingerprint density at radius 3 is 2.42 bits per heavy atom. The van der Waals surface area contributed by atoms with Gasteiger partial charge in [0.25, 0.3) is 0 Å². The molecule has 1 aromatic carbocycles. The molecule has 1 unspecified atom stereocenters. The summed E-state index contributed by atoms with van der Waals surface area (Å²) >= 11 is 0. The quantitative estimate of drug-likeness (QED) is 0.773. The van der Waals surface area contributed by atoms with Crippen LogP contribution in [0.4, 0.5) is 0 Å². The van der Waals surface area contributed by atoms with Gasteiger partial charge >= 0.3 is 0 Å². The fraction of sp³-hybridized carbons (Fsp3) is 0.647. The average molecular weight is 261 g/mol. The lowest BCUT2D eigenvalue weighted by Crippen LogP contribution is -2.44. The lowest BCUT2D eigenvalue weighted by atomic mass is 9.88. The van der Waals surface area contributed by atoms with Gasteiger partial charge in [-0.25, -0.2) is 0 Å². The summed E-state index contributed by atoms with van der Waals surface area (Å²) in [4.78, 5) is 0. The van der Waals surface area contributed by atoms with Crippen LogP contribution in [0.2, 0.25) is 0 Å². The van der Waals surface area contributed by atoms with Gasteiger partial charge in [0.05, 0.1) is 12.7 Å². The zero-order chi connectivity index (χ0) is 13.7. The summed E-state index contributed by atoms with van der Waals surface area (Å²) in [6.45, 7) is 8.32. The van der Waals surface area contributed by atoms with Crippen LogP contribution in [0.5, 0.6) is 0 Å². The summed E-state index contributed by atoms with van der Waals surface area (Å²) < 4.78 is 5.89. The zero-order valence-electron chi connectivity index (χ0n) is 12.5. The molecule has 19 heavy (non-hydrogen) atoms. The number of hydrogen-bond acceptors (Lipinski definition) is 2. The highest BCUT2D eigenvalue weighted by Crippen LogP contribution is 2.51. The maximum atomic E-state index is 5.89. The summed E-state index contributed by atoms with van der Waals surface area (Å²) in [6, 6.07) is 11.4. The van der Waals surface area contributed by atoms with Crippen molar-refractivity contribution >= 4 is 0 Å². The molecule has 1 fully saturated rings. The van der Waals surface area contributed by atoms with Crippen LogP contribution < -0.4 is 5.32 Å². The molecule has 1 aromatic rings. The van der Waals surface area contributed by atoms with Crippen LogP contribution >= 0.6 is 0 Å². The molecule has 1 aliphatic rings. The Balaban J connectivity index is 2.08. The lowest BCUT2D eigenvalue weighted by molar-refractivity contribution is 0.0531. The van der Waals surface area contributed by atoms with Crippen molar-refractivity contribution in [1.29, 1.82) is 0 Å². The van der Waals surface area contributed by atoms with Gasteiger partial charge in [-0.2, -0.15) is 0 Å². The van der Waals surface area contributed by atoms with E-state index in [9.17, 15) is 0 Å². The predicted molar refractivity (Wildman–Crippen MR) is 80.5 cm³/mol. The van der Waals surface area contributed by atoms with Gasteiger partial charge in [0, 0.05) is 11.5 Å². The van der Waals surface area contributed by atoms with E-state index in [0.29, 0.717) is 17.6 Å². The molecule has 2 nitrogen and oxygen atoms in total. The van der Waals surface area contributed by atoms with E-state index in [1.165, 1.54) is 24.8 Å². The first kappa shape index (κ1) is 14.5. The van der Waals surface area contributed by atoms with E-state index in [0.717, 1.165) is 13.2 Å². The van der Waals surface area contributed by atoms with Crippen LogP contribution in [0.25, 0.3) is 0 Å². The van der Waals surface area contributed by atoms with Crippen LogP contribution in [0.1, 0.15) is 45.6 Å². The Morgan fingerprint density at radius 1 is 1.21 bits per heavy atom. The largest absolute Gasteiger partial charge is 0.377 e. The fourth-order valence-electron chi connectivity index (χ4n) is 2.76. The minimum atomic E-state index is 0.303. The van der Waals surface area contributed by atoms with Gasteiger partial charge in [0.2, 0.25) is 0 Å². The van der Waals surface area contributed by atoms with Gasteiger partial charge in [-0.05, 0) is 45.2 Å². The van der Waals surface area contributed by atoms with Gasteiger partial charge in [0.15, 0.2) is 0 Å². The highest BCUT2D eigenvalue weighted by atomic mass is 16.5. The van der Waals surface area contributed by atoms with Gasteiger partial charge in [-0.3, -0.25) is 0 Å². The van der Waals surface area contributed by atoms with E-state index < -0.39 is 0 Å². The van der Waals surface area contributed by atoms with Crippen LogP contribution in [-0.4, -0.2) is 25.3 Å². The van der Waals surface area contributed by atoms with E-state index in [-0.39, 0.29) is 0 Å². The van der Waals surface area contributed by atoms with Crippen molar-refractivity contribution in [2.75, 3.05) is 13.2 Å². The first-order chi connectivity index (χ1) is 9.19. The second kappa shape index (κ2) is 6.53. The Labute approximate surface area is 117 Å². The molecule has 0 saturated heterocycles. The van der Waals surface area contributed by atoms with Crippen LogP contribution in [-0.2, 0) is 10.2 Å². The van der Waals surface area contributed by atoms with Crippen molar-refractivity contribution in [1.82, 2.24) is 5.32 Å². The molecular weight excluding hydrogens is 234 g/mol. The number of benzene rings is 1. The zero-order valence-corrected chi connectivity index (χ0v) is 12.5. The lowest BCUT2D eigenvalue weighted by Gasteiger charge is -2.29. The minimum Gasteiger partial charge on any atom is -0.377 e. The highest BCUT2D eigenvalue weighted by molar-refractivity contribution is 5.34. The number of ether oxygens (including phenoxy) is 1. The maximum Gasteiger partial charge on any atom is 0.0631 e. The second-order valence-electron chi connectivity index (χ2n) is 5.91. The van der Waals surface area contributed by atoms with Crippen LogP contribution in [0.3, 0.4) is 0 Å². The Morgan fingerprint density at radius 2 is 1.89 bits per heavy atom. The molecule has 1 saturated carbocycles. The van der Waals surface area contributed by atoms with Crippen LogP contribution in [0, 0.1) is 0 Å². The van der Waals surface area contributed by atoms with Gasteiger partial charge in [-0.1, -0.05) is 37.3 Å². The van der Waals surface area contributed by atoms with Crippen molar-refractivity contribution in [3.63, 3.8) is 0 Å². The summed E-state index contributed by atoms with van der Waals surface area (Å²) in [5, 5.41) is 3.70. The van der Waals surface area contributed by atoms with Crippen molar-refractivity contribution in [3.8, 4) is 0 Å². The molecule has 2 heteroatoms. The van der Waals surface area contributed by atoms with Crippen molar-refractivity contribution < 1.29 is 4.74 Å². The number of hydrogen-bond donors (Lipinski definition) is 1. The van der Waals surface area contributed by atoms with Gasteiger partial charge in [0.1, 0.15) is 0 Å². The summed E-state index contributed by atoms with van der Waals surface area (Å²) in [5.41, 5.74) is 1.78. The van der Waals surface area contributed by atoms with Crippen molar-refractivity contribution in [2.45, 2.75) is 57.6 Å². The maximum absolute atomic E-state index is 5.89. The minimum absolute atomic E-state index is 0.303. The van der Waals surface area contributed by atoms with Gasteiger partial charge < -0.3 is 10.1 Å². The molecular formula is C17H27NO. The highest BCUT2D eigenvalue weighted by Gasteiger charge is 2.50. The smallest absolute Gasteiger partial charge is 0.0631 e. The molecule has 1 aliphatic carbocycles. The molecule has 0 aromatic heterocycles. The topological polar surface area (TPSA) is 21.3 Å². The SMILES string of the molecule is CCCNC(COC(C)C)C1(c2ccccc2)CC1. The van der Waals surface area contributed by atoms with E-state index in [2.05, 4.69) is 56.4 Å². The van der Waals surface area contributed by atoms with Crippen LogP contribution in [0.15, 0.2) is 30.3 Å². The molecule has 0 spiro atoms. The van der Waals surface area contributed by atoms with E-state index >= 15 is 0 Å². The third-order valence-electron chi connectivity index (χ3n) is 4.04. The monoisotopic (exact) mass is 261 g/mol. The molecule has 2 rings (SSSR count). The van der Waals surface area contributed by atoms with Crippen molar-refractivity contribution in [3.05, 3.63) is 35.9 Å². The van der Waals surface area contributed by atoms with Gasteiger partial charge in [-0.15, -0.1) is 0 Å². The third kappa shape index (κ3) is 3.58. The predicted octanol–water partition coefficient (Wildman–Crippen LogP) is 3.51. The molecule has 0 bridgehead atoms. The first-order valence-corrected chi connectivity index (χ1v) is 7.59. The molecule has 1 N–H and O–H groups in total. The first-order valence-electron chi connectivity index (χ1n) is 7.59. The Hall–Kier alpha value is -0.860. The molecule has 1 atom stereocenters. The fourth-order valence-corrected chi connectivity index (χ4v) is 2.76. The molecule has 0 amide bonds. The normalized spacial score (nSPS) is 18.5. The standard InChI is InChI=1S/C17H27NO/c1-4-12-18-16(13-19-14(2)3)17(10-11-17)15-8-6-5-7-9-15/h5-9,14,16,18H,4,10-13H2,1-3H3. The molecule has 106 valence electrons. The van der Waals surface area contributed by atoms with Crippen molar-refractivity contribution in [2.24, 2.45) is 0 Å². The van der Waals surface area contributed by atoms with E-state index in [1.54, 1.807) is 0 Å². The summed E-state index contributed by atoms with van der Waals surface area (Å²) in [6.07, 6.45) is 4.03. The average Bonchev–Trinajstić information content (AvgIpc) is 3.21. The van der Waals surface area contributed by atoms with E-state index in [4.69, 9.17) is 4.74 Å². The Kier molecular flexibility index (Phi) is 5.00. The molecule has 0 aliphatic heterocycles. The third-order valence-corrected chi connectivity index (χ3v) is 4.04. The Bertz CT molecular complexity index is 370. The summed E-state index contributed by atoms with van der Waals surface area (Å²) in [7, 11) is 0. The second-order valence-corrected chi connectivity index (χ2v) is 5.91. The van der Waals surface area contributed by atoms with E-state index in [1.807, 2.05) is 0 Å².